The van der Waals surface area contributed by atoms with Crippen molar-refractivity contribution < 1.29 is 45.6 Å². The molecule has 344 valence electrons. The number of aromatic hydroxyl groups is 1. The molecule has 0 aliphatic heterocycles. The van der Waals surface area contributed by atoms with Crippen molar-refractivity contribution in [3.8, 4) is 34.5 Å². The van der Waals surface area contributed by atoms with E-state index < -0.39 is 20.2 Å². The van der Waals surface area contributed by atoms with Gasteiger partial charge in [0.15, 0.2) is 0 Å². The van der Waals surface area contributed by atoms with Crippen LogP contribution in [0.25, 0.3) is 0 Å². The van der Waals surface area contributed by atoms with Crippen molar-refractivity contribution in [2.24, 2.45) is 0 Å². The van der Waals surface area contributed by atoms with Crippen molar-refractivity contribution in [1.82, 2.24) is 0 Å². The van der Waals surface area contributed by atoms with E-state index in [4.69, 9.17) is 9.47 Å². The van der Waals surface area contributed by atoms with Crippen molar-refractivity contribution in [1.29, 1.82) is 0 Å². The molecular formula is C50H70CaO10S2. The third kappa shape index (κ3) is 24.3. The molecule has 4 rings (SSSR count). The van der Waals surface area contributed by atoms with E-state index in [9.17, 15) is 36.2 Å². The Morgan fingerprint density at radius 3 is 1.24 bits per heavy atom. The maximum absolute atomic E-state index is 11.8. The van der Waals surface area contributed by atoms with Gasteiger partial charge in [-0.25, -0.2) is 8.42 Å². The Morgan fingerprint density at radius 2 is 0.841 bits per heavy atom. The van der Waals surface area contributed by atoms with Crippen LogP contribution in [0.4, 0.5) is 0 Å². The van der Waals surface area contributed by atoms with E-state index in [0.29, 0.717) is 47.0 Å². The molecule has 0 aliphatic rings. The van der Waals surface area contributed by atoms with Crippen molar-refractivity contribution in [2.45, 2.75) is 178 Å². The number of benzene rings is 4. The van der Waals surface area contributed by atoms with Gasteiger partial charge in [-0.2, -0.15) is 8.42 Å². The van der Waals surface area contributed by atoms with Crippen LogP contribution in [0, 0.1) is 0 Å². The average Bonchev–Trinajstić information content (AvgIpc) is 3.21. The number of phenols is 1. The number of phenolic OH excluding ortho intramolecular Hbond substituents is 1. The third-order valence-corrected chi connectivity index (χ3v) is 12.7. The topological polar surface area (TPSA) is 173 Å². The minimum absolute atomic E-state index is 0. The van der Waals surface area contributed by atoms with E-state index in [1.54, 1.807) is 42.5 Å². The second-order valence-electron chi connectivity index (χ2n) is 16.2. The molecule has 0 heterocycles. The van der Waals surface area contributed by atoms with E-state index in [1.165, 1.54) is 145 Å². The van der Waals surface area contributed by atoms with Crippen molar-refractivity contribution >= 4 is 58.0 Å². The summed E-state index contributed by atoms with van der Waals surface area (Å²) >= 11 is 0. The maximum atomic E-state index is 11.8. The van der Waals surface area contributed by atoms with Crippen LogP contribution < -0.4 is 14.6 Å². The van der Waals surface area contributed by atoms with Crippen LogP contribution in [-0.4, -0.2) is 68.8 Å². The number of hydrogen-bond acceptors (Lipinski definition) is 9. The number of rotatable bonds is 30. The monoisotopic (exact) mass is 934 g/mol. The van der Waals surface area contributed by atoms with Gasteiger partial charge in [0.1, 0.15) is 38.9 Å². The summed E-state index contributed by atoms with van der Waals surface area (Å²) in [5.74, 6) is 1.64. The Bertz CT molecular complexity index is 1940. The van der Waals surface area contributed by atoms with Crippen LogP contribution in [0.1, 0.15) is 166 Å². The zero-order chi connectivity index (χ0) is 45.1. The van der Waals surface area contributed by atoms with Crippen LogP contribution in [-0.2, 0) is 33.1 Å². The second kappa shape index (κ2) is 31.9. The molecule has 0 saturated heterocycles. The molecule has 0 saturated carbocycles. The molecule has 0 fully saturated rings. The maximum Gasteiger partial charge on any atom is 2.00 e. The van der Waals surface area contributed by atoms with Gasteiger partial charge in [-0.3, -0.25) is 4.55 Å². The van der Waals surface area contributed by atoms with E-state index in [0.717, 1.165) is 38.5 Å². The number of ether oxygens (including phenoxy) is 2. The fourth-order valence-electron chi connectivity index (χ4n) is 7.44. The number of hydrogen-bond donors (Lipinski definition) is 2. The van der Waals surface area contributed by atoms with Gasteiger partial charge >= 0.3 is 37.7 Å². The van der Waals surface area contributed by atoms with Crippen molar-refractivity contribution in [3.63, 3.8) is 0 Å². The molecule has 63 heavy (non-hydrogen) atoms. The normalized spacial score (nSPS) is 11.4. The van der Waals surface area contributed by atoms with E-state index >= 15 is 0 Å². The fourth-order valence-corrected chi connectivity index (χ4v) is 8.89. The van der Waals surface area contributed by atoms with Gasteiger partial charge in [0.05, 0.1) is 9.79 Å². The SMILES string of the molecule is CCCCCCCCCCCCCc1cc(Oc2cccc(O)c2)ccc1S(=O)(=O)O.CCCCCCCCCCCCCc1cc(Oc2cccc([O-])c2)ccc1S(=O)(=O)[O-].[Ca+2]. The summed E-state index contributed by atoms with van der Waals surface area (Å²) in [6.07, 6.45) is 27.7. The summed E-state index contributed by atoms with van der Waals surface area (Å²) < 4.78 is 79.4. The fraction of sp³-hybridized carbons (Fsp3) is 0.520. The van der Waals surface area contributed by atoms with E-state index in [-0.39, 0.29) is 59.0 Å². The van der Waals surface area contributed by atoms with Gasteiger partial charge in [0.2, 0.25) is 0 Å². The van der Waals surface area contributed by atoms with E-state index in [1.807, 2.05) is 0 Å². The molecule has 0 radical (unpaired) electrons. The summed E-state index contributed by atoms with van der Waals surface area (Å²) in [5.41, 5.74) is 1.03. The first kappa shape index (κ1) is 56.3. The number of aryl methyl sites for hydroxylation is 2. The summed E-state index contributed by atoms with van der Waals surface area (Å²) in [7, 11) is -8.84. The molecule has 0 aromatic heterocycles. The molecule has 0 atom stereocenters. The van der Waals surface area contributed by atoms with Crippen LogP contribution in [0.15, 0.2) is 94.7 Å². The predicted molar refractivity (Wildman–Crippen MR) is 251 cm³/mol. The molecule has 0 spiro atoms. The zero-order valence-corrected chi connectivity index (χ0v) is 41.6. The van der Waals surface area contributed by atoms with Gasteiger partial charge in [0, 0.05) is 6.07 Å². The molecular weight excluding hydrogens is 865 g/mol. The van der Waals surface area contributed by atoms with Crippen molar-refractivity contribution in [2.75, 3.05) is 0 Å². The molecule has 2 N–H and O–H groups in total. The Balaban J connectivity index is 0.000000427. The van der Waals surface area contributed by atoms with Gasteiger partial charge < -0.3 is 24.2 Å². The first-order valence-electron chi connectivity index (χ1n) is 22.9. The smallest absolute Gasteiger partial charge is 0.872 e. The van der Waals surface area contributed by atoms with Crippen molar-refractivity contribution in [3.05, 3.63) is 96.1 Å². The first-order chi connectivity index (χ1) is 29.8. The summed E-state index contributed by atoms with van der Waals surface area (Å²) in [6.45, 7) is 4.46. The molecule has 0 unspecified atom stereocenters. The summed E-state index contributed by atoms with van der Waals surface area (Å²) in [5, 5.41) is 21.0. The van der Waals surface area contributed by atoms with Gasteiger partial charge in [-0.05, 0) is 97.5 Å². The van der Waals surface area contributed by atoms with Gasteiger partial charge in [-0.15, -0.1) is 5.75 Å². The van der Waals surface area contributed by atoms with Gasteiger partial charge in [-0.1, -0.05) is 160 Å². The second-order valence-corrected chi connectivity index (χ2v) is 19.0. The molecule has 0 aliphatic carbocycles. The number of unbranched alkanes of at least 4 members (excludes halogenated alkanes) is 20. The molecule has 4 aromatic carbocycles. The molecule has 13 heteroatoms. The molecule has 4 aromatic rings. The summed E-state index contributed by atoms with van der Waals surface area (Å²) in [4.78, 5) is -0.257. The zero-order valence-electron chi connectivity index (χ0n) is 37.7. The Morgan fingerprint density at radius 1 is 0.476 bits per heavy atom. The minimum Gasteiger partial charge on any atom is -0.872 e. The summed E-state index contributed by atoms with van der Waals surface area (Å²) in [6, 6.07) is 21.3. The quantitative estimate of drug-likeness (QED) is 0.0291. The third-order valence-electron chi connectivity index (χ3n) is 10.8. The Kier molecular flexibility index (Phi) is 28.5. The van der Waals surface area contributed by atoms with Crippen LogP contribution in [0.2, 0.25) is 0 Å². The van der Waals surface area contributed by atoms with Crippen LogP contribution in [0.3, 0.4) is 0 Å². The predicted octanol–water partition coefficient (Wildman–Crippen LogP) is 13.2. The van der Waals surface area contributed by atoms with Gasteiger partial charge in [0.25, 0.3) is 10.1 Å². The Hall–Kier alpha value is -2.84. The standard InChI is InChI=1S/2C25H36O5S.Ca/c2*1-2-3-4-5-6-7-8-9-10-11-12-14-21-19-24(17-18-25(21)31(27,28)29)30-23-16-13-15-22(26)20-23;/h2*13,15-20,26H,2-12,14H2,1H3,(H,27,28,29);/q;;+2/p-2. The largest absolute Gasteiger partial charge is 2.00 e. The first-order valence-corrected chi connectivity index (χ1v) is 25.8. The van der Waals surface area contributed by atoms with Crippen LogP contribution in [0.5, 0.6) is 34.5 Å². The molecule has 0 amide bonds. The average molecular weight is 935 g/mol. The molecule has 10 nitrogen and oxygen atoms in total. The molecule has 0 bridgehead atoms. The van der Waals surface area contributed by atoms with Crippen LogP contribution >= 0.6 is 0 Å². The minimum atomic E-state index is -4.55. The van der Waals surface area contributed by atoms with E-state index in [2.05, 4.69) is 13.8 Å². The Labute approximate surface area is 408 Å².